The monoisotopic (exact) mass is 1110 g/mol. The molecule has 0 aromatic heterocycles. The van der Waals surface area contributed by atoms with Gasteiger partial charge in [0.15, 0.2) is 24.4 Å². The predicted molar refractivity (Wildman–Crippen MR) is 261 cm³/mol. The SMILES string of the molecule is COC(=O)[C@@]1(O[C@H]2[C@@H](OC(C)=O)[C@@H](COCc3ccccc3)OC(OC(=Nc3ccccc3)C(Cl)(Cl)Cl)[C@@H]2OC(=O)c2ccccc2)C[C@H](OC(C)=O)[C@@H](NC(C)=O)[C@H]([C@H](OC(C)=O)[C@@H](COC(C)=O)OC(C)=O)O1. The number of carbonyl (C=O) groups is 8. The molecule has 22 nitrogen and oxygen atoms in total. The molecule has 0 bridgehead atoms. The summed E-state index contributed by atoms with van der Waals surface area (Å²) in [5.41, 5.74) is 0.853. The number of amides is 1. The van der Waals surface area contributed by atoms with Crippen molar-refractivity contribution >= 4 is 94.1 Å². The number of benzene rings is 3. The van der Waals surface area contributed by atoms with Crippen LogP contribution in [0.4, 0.5) is 5.69 Å². The summed E-state index contributed by atoms with van der Waals surface area (Å²) in [5.74, 6) is -11.9. The zero-order chi connectivity index (χ0) is 55.0. The number of halogens is 3. The zero-order valence-corrected chi connectivity index (χ0v) is 43.8. The first-order chi connectivity index (χ1) is 35.5. The van der Waals surface area contributed by atoms with Crippen LogP contribution in [0.25, 0.3) is 0 Å². The molecule has 406 valence electrons. The molecule has 75 heavy (non-hydrogen) atoms. The van der Waals surface area contributed by atoms with Gasteiger partial charge in [-0.05, 0) is 29.8 Å². The lowest BCUT2D eigenvalue weighted by atomic mass is 9.87. The molecule has 5 rings (SSSR count). The molecule has 25 heteroatoms. The Kier molecular flexibility index (Phi) is 21.7. The second-order valence-electron chi connectivity index (χ2n) is 16.7. The Morgan fingerprint density at radius 2 is 1.32 bits per heavy atom. The summed E-state index contributed by atoms with van der Waals surface area (Å²) >= 11 is 19.5. The van der Waals surface area contributed by atoms with Gasteiger partial charge < -0.3 is 62.2 Å². The van der Waals surface area contributed by atoms with E-state index in [0.29, 0.717) is 5.56 Å². The van der Waals surface area contributed by atoms with E-state index in [4.69, 9.17) is 91.6 Å². The minimum Gasteiger partial charge on any atom is -0.465 e. The Balaban J connectivity index is 1.81. The molecule has 2 aliphatic rings. The van der Waals surface area contributed by atoms with Crippen LogP contribution in [0.15, 0.2) is 96.0 Å². The standard InChI is InChI=1S/C50H55Cl3N2O20/c1-27(56)54-39-36(67-29(3)58)23-49(48(63)64-7,74-42(39)40(69-31(5)60)38(68-30(4)59)26-66-28(2)57)75-43-41(70-32(6)61)37(25-65-24-33-17-11-8-12-18-33)71-46(44(43)72-45(62)34-19-13-9-14-20-34)73-47(50(51,52)53)55-35-21-15-10-16-22-35/h8-22,36-44,46H,23-26H2,1-7H3,(H,54,56)/t36-,37+,38+,39+,40+,41-,42+,43-,44+,46?,49-/m0/s1. The van der Waals surface area contributed by atoms with Crippen LogP contribution in [0.1, 0.15) is 63.9 Å². The fourth-order valence-corrected chi connectivity index (χ4v) is 8.22. The molecule has 11 atom stereocenters. The van der Waals surface area contributed by atoms with Crippen LogP contribution >= 0.6 is 34.8 Å². The highest BCUT2D eigenvalue weighted by atomic mass is 35.6. The molecule has 2 fully saturated rings. The predicted octanol–water partition coefficient (Wildman–Crippen LogP) is 5.11. The lowest BCUT2D eigenvalue weighted by molar-refractivity contribution is -0.365. The summed E-state index contributed by atoms with van der Waals surface area (Å²) in [4.78, 5) is 111. The van der Waals surface area contributed by atoms with E-state index >= 15 is 0 Å². The summed E-state index contributed by atoms with van der Waals surface area (Å²) < 4.78 is 69.4. The topological polar surface area (TPSA) is 272 Å². The maximum atomic E-state index is 14.8. The molecule has 2 saturated heterocycles. The average Bonchev–Trinajstić information content (AvgIpc) is 3.34. The molecule has 3 aromatic carbocycles. The van der Waals surface area contributed by atoms with E-state index < -0.39 is 144 Å². The minimum atomic E-state index is -3.02. The number of alkyl halides is 3. The van der Waals surface area contributed by atoms with Gasteiger partial charge in [-0.25, -0.2) is 14.6 Å². The van der Waals surface area contributed by atoms with Crippen LogP contribution in [0.5, 0.6) is 0 Å². The summed E-state index contributed by atoms with van der Waals surface area (Å²) in [6.07, 6.45) is -18.0. The molecule has 0 saturated carbocycles. The molecule has 2 aliphatic heterocycles. The van der Waals surface area contributed by atoms with Gasteiger partial charge in [-0.2, -0.15) is 0 Å². The highest BCUT2D eigenvalue weighted by molar-refractivity contribution is 6.76. The highest BCUT2D eigenvalue weighted by Gasteiger charge is 2.64. The number of aliphatic imine (C=N–C) groups is 1. The van der Waals surface area contributed by atoms with Crippen LogP contribution in [-0.4, -0.2) is 145 Å². The normalized spacial score (nSPS) is 24.4. The average molecular weight is 1110 g/mol. The van der Waals surface area contributed by atoms with E-state index in [9.17, 15) is 38.4 Å². The van der Waals surface area contributed by atoms with E-state index in [2.05, 4.69) is 10.3 Å². The maximum Gasteiger partial charge on any atom is 0.366 e. The smallest absolute Gasteiger partial charge is 0.366 e. The molecule has 1 unspecified atom stereocenters. The third-order valence-electron chi connectivity index (χ3n) is 10.8. The molecule has 1 N–H and O–H groups in total. The van der Waals surface area contributed by atoms with Crippen molar-refractivity contribution in [2.45, 2.75) is 125 Å². The van der Waals surface area contributed by atoms with E-state index in [-0.39, 0.29) is 17.9 Å². The van der Waals surface area contributed by atoms with Gasteiger partial charge in [-0.15, -0.1) is 0 Å². The van der Waals surface area contributed by atoms with Gasteiger partial charge in [-0.1, -0.05) is 102 Å². The van der Waals surface area contributed by atoms with Crippen LogP contribution in [0.3, 0.4) is 0 Å². The number of rotatable bonds is 20. The number of hydrogen-bond acceptors (Lipinski definition) is 21. The second-order valence-corrected chi connectivity index (χ2v) is 19.0. The fourth-order valence-electron chi connectivity index (χ4n) is 7.96. The molecule has 0 radical (unpaired) electrons. The van der Waals surface area contributed by atoms with Crippen molar-refractivity contribution in [2.75, 3.05) is 20.3 Å². The van der Waals surface area contributed by atoms with E-state index in [1.165, 1.54) is 24.3 Å². The first-order valence-electron chi connectivity index (χ1n) is 22.9. The second kappa shape index (κ2) is 27.4. The lowest BCUT2D eigenvalue weighted by Crippen LogP contribution is -2.72. The van der Waals surface area contributed by atoms with Gasteiger partial charge >= 0.3 is 41.8 Å². The number of nitrogens with one attached hydrogen (secondary N) is 1. The van der Waals surface area contributed by atoms with Gasteiger partial charge in [0, 0.05) is 41.5 Å². The molecule has 1 amide bonds. The minimum absolute atomic E-state index is 0.0499. The Bertz CT molecular complexity index is 2500. The molecule has 3 aromatic rings. The largest absolute Gasteiger partial charge is 0.465 e. The van der Waals surface area contributed by atoms with Gasteiger partial charge in [0.2, 0.25) is 18.1 Å². The van der Waals surface area contributed by atoms with Crippen LogP contribution in [0, 0.1) is 0 Å². The highest BCUT2D eigenvalue weighted by Crippen LogP contribution is 2.42. The fraction of sp³-hybridized carbons (Fsp3) is 0.460. The van der Waals surface area contributed by atoms with Gasteiger partial charge in [-0.3, -0.25) is 28.8 Å². The Morgan fingerprint density at radius 3 is 1.87 bits per heavy atom. The van der Waals surface area contributed by atoms with Gasteiger partial charge in [0.1, 0.15) is 31.0 Å². The van der Waals surface area contributed by atoms with E-state index in [1.807, 2.05) is 0 Å². The van der Waals surface area contributed by atoms with Crippen molar-refractivity contribution in [2.24, 2.45) is 4.99 Å². The molecular weight excluding hydrogens is 1050 g/mol. The van der Waals surface area contributed by atoms with Crippen molar-refractivity contribution in [3.05, 3.63) is 102 Å². The van der Waals surface area contributed by atoms with Crippen LogP contribution in [-0.2, 0) is 97.0 Å². The molecule has 0 aliphatic carbocycles. The van der Waals surface area contributed by atoms with Gasteiger partial charge in [0.25, 0.3) is 9.58 Å². The van der Waals surface area contributed by atoms with Crippen molar-refractivity contribution in [1.82, 2.24) is 5.32 Å². The maximum absolute atomic E-state index is 14.8. The van der Waals surface area contributed by atoms with Crippen LogP contribution in [0.2, 0.25) is 0 Å². The van der Waals surface area contributed by atoms with Crippen molar-refractivity contribution in [3.8, 4) is 0 Å². The Labute approximate surface area is 445 Å². The number of ether oxygens (including phenoxy) is 12. The first-order valence-corrected chi connectivity index (χ1v) is 24.1. The summed E-state index contributed by atoms with van der Waals surface area (Å²) in [5, 5.41) is 2.57. The van der Waals surface area contributed by atoms with E-state index in [0.717, 1.165) is 48.7 Å². The summed E-state index contributed by atoms with van der Waals surface area (Å²) in [6.45, 7) is 4.74. The summed E-state index contributed by atoms with van der Waals surface area (Å²) in [6, 6.07) is 22.7. The van der Waals surface area contributed by atoms with Crippen molar-refractivity contribution in [1.29, 1.82) is 0 Å². The first kappa shape index (κ1) is 59.5. The third kappa shape index (κ3) is 17.3. The number of methoxy groups -OCH3 is 1. The number of esters is 7. The third-order valence-corrected chi connectivity index (χ3v) is 11.3. The van der Waals surface area contributed by atoms with E-state index in [1.54, 1.807) is 66.7 Å². The number of para-hydroxylation sites is 1. The number of nitrogens with zero attached hydrogens (tertiary/aromatic N) is 1. The number of carbonyl (C=O) groups excluding carboxylic acids is 8. The van der Waals surface area contributed by atoms with Crippen LogP contribution < -0.4 is 5.32 Å². The number of hydrogen-bond donors (Lipinski definition) is 1. The molecule has 0 spiro atoms. The summed E-state index contributed by atoms with van der Waals surface area (Å²) in [7, 11) is 0.915. The molecule has 2 heterocycles. The Morgan fingerprint density at radius 1 is 0.720 bits per heavy atom. The van der Waals surface area contributed by atoms with Crippen molar-refractivity contribution < 1.29 is 95.2 Å². The quantitative estimate of drug-likeness (QED) is 0.0506. The van der Waals surface area contributed by atoms with Crippen molar-refractivity contribution in [3.63, 3.8) is 0 Å². The zero-order valence-electron chi connectivity index (χ0n) is 41.5. The lowest BCUT2D eigenvalue weighted by Gasteiger charge is -2.51. The molecular formula is C50H55Cl3N2O20. The van der Waals surface area contributed by atoms with Gasteiger partial charge in [0.05, 0.1) is 44.0 Å². The Hall–Kier alpha value is -6.40.